The lowest BCUT2D eigenvalue weighted by molar-refractivity contribution is 0.000557. The number of para-hydroxylation sites is 1. The molecule has 0 atom stereocenters. The van der Waals surface area contributed by atoms with Crippen LogP contribution in [0.2, 0.25) is 0 Å². The van der Waals surface area contributed by atoms with Gasteiger partial charge in [0, 0.05) is 13.2 Å². The van der Waals surface area contributed by atoms with Gasteiger partial charge in [-0.05, 0) is 43.3 Å². The average molecular weight is 261 g/mol. The Morgan fingerprint density at radius 2 is 2.00 bits per heavy atom. The molecule has 102 valence electrons. The maximum Gasteiger partial charge on any atom is 0.247 e. The summed E-state index contributed by atoms with van der Waals surface area (Å²) in [5.41, 5.74) is 0.659. The van der Waals surface area contributed by atoms with Crippen LogP contribution < -0.4 is 5.32 Å². The van der Waals surface area contributed by atoms with Crippen LogP contribution in [0.15, 0.2) is 30.3 Å². The lowest BCUT2D eigenvalue weighted by Crippen LogP contribution is -2.34. The number of hydrogen-bond acceptors (Lipinski definition) is 5. The first-order chi connectivity index (χ1) is 9.12. The number of rotatable bonds is 6. The number of anilines is 1. The summed E-state index contributed by atoms with van der Waals surface area (Å²) in [6.45, 7) is 7.35. The number of hydrogen-bond donors (Lipinski definition) is 1. The summed E-state index contributed by atoms with van der Waals surface area (Å²) in [4.78, 5) is 0. The second-order valence-electron chi connectivity index (χ2n) is 4.80. The van der Waals surface area contributed by atoms with Gasteiger partial charge in [-0.15, -0.1) is 0 Å². The van der Waals surface area contributed by atoms with Crippen LogP contribution in [0.25, 0.3) is 5.69 Å². The molecule has 0 fully saturated rings. The van der Waals surface area contributed by atoms with Gasteiger partial charge in [0.15, 0.2) is 0 Å². The molecule has 1 N–H and O–H groups in total. The van der Waals surface area contributed by atoms with E-state index in [1.54, 1.807) is 4.68 Å². The predicted octanol–water partition coefficient (Wildman–Crippen LogP) is 1.89. The number of aromatic nitrogens is 4. The number of tetrazole rings is 1. The fraction of sp³-hybridized carbons (Fsp3) is 0.462. The zero-order chi connectivity index (χ0) is 13.7. The van der Waals surface area contributed by atoms with Crippen LogP contribution >= 0.6 is 0 Å². The quantitative estimate of drug-likeness (QED) is 0.860. The van der Waals surface area contributed by atoms with E-state index in [-0.39, 0.29) is 5.60 Å². The molecule has 0 bridgehead atoms. The Morgan fingerprint density at radius 1 is 1.26 bits per heavy atom. The molecule has 0 amide bonds. The lowest BCUT2D eigenvalue weighted by atomic mass is 10.1. The molecule has 0 saturated heterocycles. The van der Waals surface area contributed by atoms with Crippen molar-refractivity contribution in [3.8, 4) is 5.69 Å². The molecule has 6 nitrogen and oxygen atoms in total. The van der Waals surface area contributed by atoms with Gasteiger partial charge in [0.2, 0.25) is 5.95 Å². The summed E-state index contributed by atoms with van der Waals surface area (Å²) in [5.74, 6) is 0.610. The van der Waals surface area contributed by atoms with Crippen molar-refractivity contribution in [3.63, 3.8) is 0 Å². The monoisotopic (exact) mass is 261 g/mol. The molecule has 0 spiro atoms. The van der Waals surface area contributed by atoms with Crippen LogP contribution in [0.4, 0.5) is 5.95 Å². The van der Waals surface area contributed by atoms with Gasteiger partial charge < -0.3 is 10.1 Å². The Kier molecular flexibility index (Phi) is 4.11. The second kappa shape index (κ2) is 5.79. The van der Waals surface area contributed by atoms with Crippen molar-refractivity contribution in [3.05, 3.63) is 30.3 Å². The van der Waals surface area contributed by atoms with Gasteiger partial charge in [-0.3, -0.25) is 0 Å². The Bertz CT molecular complexity index is 509. The summed E-state index contributed by atoms with van der Waals surface area (Å²) < 4.78 is 7.30. The zero-order valence-corrected chi connectivity index (χ0v) is 11.5. The SMILES string of the molecule is CCOC(C)(C)CNc1nnnn1-c1ccccc1. The van der Waals surface area contributed by atoms with Crippen molar-refractivity contribution in [2.75, 3.05) is 18.5 Å². The van der Waals surface area contributed by atoms with Gasteiger partial charge in [0.25, 0.3) is 0 Å². The molecule has 6 heteroatoms. The van der Waals surface area contributed by atoms with Gasteiger partial charge in [0.1, 0.15) is 0 Å². The summed E-state index contributed by atoms with van der Waals surface area (Å²) in [7, 11) is 0. The highest BCUT2D eigenvalue weighted by atomic mass is 16.5. The maximum atomic E-state index is 5.63. The van der Waals surface area contributed by atoms with E-state index in [0.29, 0.717) is 19.1 Å². The molecule has 1 aromatic carbocycles. The molecule has 0 saturated carbocycles. The molecule has 0 aliphatic rings. The minimum Gasteiger partial charge on any atom is -0.374 e. The number of benzene rings is 1. The van der Waals surface area contributed by atoms with Crippen LogP contribution in [0.3, 0.4) is 0 Å². The van der Waals surface area contributed by atoms with Gasteiger partial charge in [-0.25, -0.2) is 0 Å². The Labute approximate surface area is 112 Å². The molecule has 1 heterocycles. The van der Waals surface area contributed by atoms with E-state index < -0.39 is 0 Å². The minimum absolute atomic E-state index is 0.262. The van der Waals surface area contributed by atoms with Crippen molar-refractivity contribution in [1.29, 1.82) is 0 Å². The van der Waals surface area contributed by atoms with E-state index in [9.17, 15) is 0 Å². The Balaban J connectivity index is 2.09. The van der Waals surface area contributed by atoms with Gasteiger partial charge in [-0.1, -0.05) is 23.3 Å². The summed E-state index contributed by atoms with van der Waals surface area (Å²) in [5, 5.41) is 14.9. The smallest absolute Gasteiger partial charge is 0.247 e. The van der Waals surface area contributed by atoms with Crippen molar-refractivity contribution >= 4 is 5.95 Å². The third kappa shape index (κ3) is 3.51. The molecule has 19 heavy (non-hydrogen) atoms. The van der Waals surface area contributed by atoms with Gasteiger partial charge in [-0.2, -0.15) is 4.68 Å². The largest absolute Gasteiger partial charge is 0.374 e. The van der Waals surface area contributed by atoms with E-state index in [4.69, 9.17) is 4.74 Å². The molecule has 2 aromatic rings. The molecule has 0 unspecified atom stereocenters. The van der Waals surface area contributed by atoms with E-state index in [2.05, 4.69) is 20.8 Å². The average Bonchev–Trinajstić information content (AvgIpc) is 2.86. The van der Waals surface area contributed by atoms with Crippen LogP contribution in [-0.2, 0) is 4.74 Å². The summed E-state index contributed by atoms with van der Waals surface area (Å²) in [6.07, 6.45) is 0. The summed E-state index contributed by atoms with van der Waals surface area (Å²) >= 11 is 0. The molecule has 0 aliphatic carbocycles. The topological polar surface area (TPSA) is 64.9 Å². The predicted molar refractivity (Wildman–Crippen MR) is 73.3 cm³/mol. The van der Waals surface area contributed by atoms with Crippen molar-refractivity contribution < 1.29 is 4.74 Å². The normalized spacial score (nSPS) is 11.5. The first-order valence-corrected chi connectivity index (χ1v) is 6.34. The third-order valence-corrected chi connectivity index (χ3v) is 2.68. The first-order valence-electron chi connectivity index (χ1n) is 6.34. The van der Waals surface area contributed by atoms with E-state index in [0.717, 1.165) is 5.69 Å². The van der Waals surface area contributed by atoms with Gasteiger partial charge in [0.05, 0.1) is 11.3 Å². The van der Waals surface area contributed by atoms with E-state index in [1.807, 2.05) is 51.1 Å². The molecule has 0 radical (unpaired) electrons. The van der Waals surface area contributed by atoms with Crippen LogP contribution in [0, 0.1) is 0 Å². The highest BCUT2D eigenvalue weighted by Crippen LogP contribution is 2.13. The zero-order valence-electron chi connectivity index (χ0n) is 11.5. The number of nitrogens with zero attached hydrogens (tertiary/aromatic N) is 4. The fourth-order valence-electron chi connectivity index (χ4n) is 1.77. The van der Waals surface area contributed by atoms with Crippen LogP contribution in [0.5, 0.6) is 0 Å². The fourth-order valence-corrected chi connectivity index (χ4v) is 1.77. The third-order valence-electron chi connectivity index (χ3n) is 2.68. The van der Waals surface area contributed by atoms with Crippen molar-refractivity contribution in [2.45, 2.75) is 26.4 Å². The van der Waals surface area contributed by atoms with Gasteiger partial charge >= 0.3 is 0 Å². The maximum absolute atomic E-state index is 5.63. The molecule has 0 aliphatic heterocycles. The Hall–Kier alpha value is -1.95. The van der Waals surface area contributed by atoms with E-state index >= 15 is 0 Å². The highest BCUT2D eigenvalue weighted by Gasteiger charge is 2.19. The first kappa shape index (κ1) is 13.5. The summed E-state index contributed by atoms with van der Waals surface area (Å²) in [6, 6.07) is 9.76. The van der Waals surface area contributed by atoms with Crippen molar-refractivity contribution in [1.82, 2.24) is 20.2 Å². The molecule has 1 aromatic heterocycles. The molecular weight excluding hydrogens is 242 g/mol. The van der Waals surface area contributed by atoms with E-state index in [1.165, 1.54) is 0 Å². The number of ether oxygens (including phenoxy) is 1. The van der Waals surface area contributed by atoms with Crippen LogP contribution in [-0.4, -0.2) is 39.0 Å². The number of nitrogens with one attached hydrogen (secondary N) is 1. The lowest BCUT2D eigenvalue weighted by Gasteiger charge is -2.24. The van der Waals surface area contributed by atoms with Crippen LogP contribution in [0.1, 0.15) is 20.8 Å². The standard InChI is InChI=1S/C13H19N5O/c1-4-19-13(2,3)10-14-12-15-16-17-18(12)11-8-6-5-7-9-11/h5-9H,4,10H2,1-3H3,(H,14,15,17). The minimum atomic E-state index is -0.262. The second-order valence-corrected chi connectivity index (χ2v) is 4.80. The highest BCUT2D eigenvalue weighted by molar-refractivity contribution is 5.38. The Morgan fingerprint density at radius 3 is 2.68 bits per heavy atom. The molecule has 2 rings (SSSR count). The van der Waals surface area contributed by atoms with Crippen molar-refractivity contribution in [2.24, 2.45) is 0 Å². The molecular formula is C13H19N5O.